The number of nitrogens with zero attached hydrogens (tertiary/aromatic N) is 2. The maximum Gasteiger partial charge on any atom is 0.157 e. The average molecular weight is 366 g/mol. The van der Waals surface area contributed by atoms with Crippen molar-refractivity contribution < 1.29 is 0 Å². The van der Waals surface area contributed by atoms with Crippen LogP contribution in [0.5, 0.6) is 0 Å². The second kappa shape index (κ2) is 7.56. The van der Waals surface area contributed by atoms with Gasteiger partial charge in [0.05, 0.1) is 22.6 Å². The van der Waals surface area contributed by atoms with Crippen LogP contribution in [0.15, 0.2) is 41.4 Å². The summed E-state index contributed by atoms with van der Waals surface area (Å²) in [6, 6.07) is 11.8. The zero-order chi connectivity index (χ0) is 16.2. The van der Waals surface area contributed by atoms with Crippen molar-refractivity contribution in [2.24, 2.45) is 4.99 Å². The van der Waals surface area contributed by atoms with E-state index in [0.717, 1.165) is 40.8 Å². The molecule has 1 aliphatic heterocycles. The normalized spacial score (nSPS) is 15.3. The Hall–Kier alpha value is -1.23. The topological polar surface area (TPSA) is 37.3 Å². The van der Waals surface area contributed by atoms with Crippen LogP contribution in [-0.4, -0.2) is 22.4 Å². The third kappa shape index (κ3) is 4.19. The molecule has 6 heteroatoms. The monoisotopic (exact) mass is 365 g/mol. The molecule has 0 bridgehead atoms. The number of hydrogen-bond donors (Lipinski definition) is 1. The van der Waals surface area contributed by atoms with Crippen molar-refractivity contribution in [2.75, 3.05) is 12.3 Å². The Kier molecular flexibility index (Phi) is 5.46. The summed E-state index contributed by atoms with van der Waals surface area (Å²) < 4.78 is 0. The highest BCUT2D eigenvalue weighted by molar-refractivity contribution is 8.14. The van der Waals surface area contributed by atoms with Gasteiger partial charge in [0.1, 0.15) is 0 Å². The molecule has 120 valence electrons. The number of pyridine rings is 1. The van der Waals surface area contributed by atoms with Crippen LogP contribution in [0.25, 0.3) is 0 Å². The predicted molar refractivity (Wildman–Crippen MR) is 99.8 cm³/mol. The van der Waals surface area contributed by atoms with E-state index < -0.39 is 0 Å². The van der Waals surface area contributed by atoms with E-state index in [9.17, 15) is 0 Å². The van der Waals surface area contributed by atoms with Crippen molar-refractivity contribution in [1.82, 2.24) is 10.3 Å². The Morgan fingerprint density at radius 1 is 1.22 bits per heavy atom. The molecule has 3 rings (SSSR count). The van der Waals surface area contributed by atoms with E-state index in [0.29, 0.717) is 10.0 Å². The van der Waals surface area contributed by atoms with Crippen LogP contribution < -0.4 is 5.32 Å². The molecule has 1 N–H and O–H groups in total. The summed E-state index contributed by atoms with van der Waals surface area (Å²) in [6.07, 6.45) is 0.724. The minimum absolute atomic E-state index is 0.0140. The second-order valence-electron chi connectivity index (χ2n) is 5.35. The molecule has 2 heterocycles. The van der Waals surface area contributed by atoms with Gasteiger partial charge in [-0.2, -0.15) is 0 Å². The number of rotatable bonds is 4. The summed E-state index contributed by atoms with van der Waals surface area (Å²) in [7, 11) is 0. The Labute approximate surface area is 150 Å². The Morgan fingerprint density at radius 3 is 2.78 bits per heavy atom. The minimum Gasteiger partial charge on any atom is -0.358 e. The summed E-state index contributed by atoms with van der Waals surface area (Å²) in [6.45, 7) is 2.85. The first kappa shape index (κ1) is 16.6. The van der Waals surface area contributed by atoms with Gasteiger partial charge in [0.15, 0.2) is 5.17 Å². The average Bonchev–Trinajstić information content (AvgIpc) is 3.02. The molecule has 2 aromatic rings. The Balaban J connectivity index is 1.91. The van der Waals surface area contributed by atoms with E-state index in [-0.39, 0.29) is 6.04 Å². The molecule has 0 radical (unpaired) electrons. The van der Waals surface area contributed by atoms with Gasteiger partial charge in [0.25, 0.3) is 0 Å². The van der Waals surface area contributed by atoms with Crippen LogP contribution in [0.4, 0.5) is 0 Å². The lowest BCUT2D eigenvalue weighted by molar-refractivity contribution is 0.637. The highest BCUT2D eigenvalue weighted by atomic mass is 35.5. The fourth-order valence-corrected chi connectivity index (χ4v) is 3.75. The van der Waals surface area contributed by atoms with Crippen molar-refractivity contribution in [3.63, 3.8) is 0 Å². The second-order valence-corrected chi connectivity index (χ2v) is 7.22. The number of hydrogen-bond acceptors (Lipinski definition) is 4. The first-order chi connectivity index (χ1) is 11.1. The van der Waals surface area contributed by atoms with Crippen LogP contribution in [0, 0.1) is 6.92 Å². The molecule has 0 spiro atoms. The van der Waals surface area contributed by atoms with Gasteiger partial charge in [0.2, 0.25) is 0 Å². The van der Waals surface area contributed by atoms with Crippen LogP contribution in [-0.2, 0) is 6.42 Å². The van der Waals surface area contributed by atoms with Crippen molar-refractivity contribution in [2.45, 2.75) is 19.4 Å². The largest absolute Gasteiger partial charge is 0.358 e. The lowest BCUT2D eigenvalue weighted by Gasteiger charge is -2.21. The van der Waals surface area contributed by atoms with E-state index in [4.69, 9.17) is 23.2 Å². The highest BCUT2D eigenvalue weighted by Gasteiger charge is 2.20. The first-order valence-corrected chi connectivity index (χ1v) is 9.18. The number of nitrogens with one attached hydrogen (secondary N) is 1. The fraction of sp³-hybridized carbons (Fsp3) is 0.294. The van der Waals surface area contributed by atoms with Crippen LogP contribution in [0.2, 0.25) is 10.0 Å². The van der Waals surface area contributed by atoms with E-state index in [1.54, 1.807) is 17.8 Å². The first-order valence-electron chi connectivity index (χ1n) is 7.43. The van der Waals surface area contributed by atoms with Gasteiger partial charge in [0, 0.05) is 23.6 Å². The van der Waals surface area contributed by atoms with Gasteiger partial charge in [-0.25, -0.2) is 0 Å². The third-order valence-electron chi connectivity index (χ3n) is 3.60. The molecule has 0 aliphatic carbocycles. The molecule has 0 amide bonds. The number of aryl methyl sites for hydroxylation is 1. The summed E-state index contributed by atoms with van der Waals surface area (Å²) >= 11 is 14.4. The zero-order valence-electron chi connectivity index (χ0n) is 12.7. The smallest absolute Gasteiger partial charge is 0.157 e. The number of aromatic nitrogens is 1. The molecule has 1 aromatic heterocycles. The van der Waals surface area contributed by atoms with Gasteiger partial charge in [-0.1, -0.05) is 53.2 Å². The zero-order valence-corrected chi connectivity index (χ0v) is 15.0. The van der Waals surface area contributed by atoms with Crippen LogP contribution in [0.3, 0.4) is 0 Å². The minimum atomic E-state index is -0.0140. The summed E-state index contributed by atoms with van der Waals surface area (Å²) in [5, 5.41) is 5.61. The van der Waals surface area contributed by atoms with Gasteiger partial charge in [-0.3, -0.25) is 9.98 Å². The fourth-order valence-electron chi connectivity index (χ4n) is 2.52. The lowest BCUT2D eigenvalue weighted by atomic mass is 10.0. The number of thioether (sulfide) groups is 1. The Morgan fingerprint density at radius 2 is 2.04 bits per heavy atom. The van der Waals surface area contributed by atoms with E-state index in [2.05, 4.69) is 15.3 Å². The molecule has 3 nitrogen and oxygen atoms in total. The van der Waals surface area contributed by atoms with Gasteiger partial charge >= 0.3 is 0 Å². The van der Waals surface area contributed by atoms with Gasteiger partial charge in [-0.15, -0.1) is 0 Å². The molecule has 0 saturated heterocycles. The van der Waals surface area contributed by atoms with Crippen LogP contribution in [0.1, 0.15) is 23.0 Å². The van der Waals surface area contributed by atoms with E-state index >= 15 is 0 Å². The van der Waals surface area contributed by atoms with Crippen molar-refractivity contribution in [3.05, 3.63) is 63.4 Å². The third-order valence-corrected chi connectivity index (χ3v) is 5.34. The number of amidine groups is 1. The highest BCUT2D eigenvalue weighted by Crippen LogP contribution is 2.32. The maximum absolute atomic E-state index is 6.43. The Bertz CT molecular complexity index is 734. The number of aliphatic imine (C=N–C) groups is 1. The molecular formula is C17H17Cl2N3S. The molecule has 0 saturated carbocycles. The van der Waals surface area contributed by atoms with Crippen molar-refractivity contribution in [3.8, 4) is 0 Å². The molecule has 1 unspecified atom stereocenters. The van der Waals surface area contributed by atoms with Crippen LogP contribution >= 0.6 is 35.0 Å². The maximum atomic E-state index is 6.43. The molecule has 23 heavy (non-hydrogen) atoms. The summed E-state index contributed by atoms with van der Waals surface area (Å²) in [5.41, 5.74) is 2.99. The van der Waals surface area contributed by atoms with E-state index in [1.165, 1.54) is 0 Å². The summed E-state index contributed by atoms with van der Waals surface area (Å²) in [5.74, 6) is 1.01. The standard InChI is InChI=1S/C17H17Cl2N3S/c1-11-4-2-5-12(21-11)10-15(22-17-20-8-9-23-17)13-6-3-7-14(18)16(13)19/h2-7,15H,8-10H2,1H3,(H,20,22). The SMILES string of the molecule is Cc1cccc(CC(NC2=NCCS2)c2cccc(Cl)c2Cl)n1. The number of halogens is 2. The lowest BCUT2D eigenvalue weighted by Crippen LogP contribution is -2.27. The van der Waals surface area contributed by atoms with Gasteiger partial charge < -0.3 is 5.32 Å². The van der Waals surface area contributed by atoms with E-state index in [1.807, 2.05) is 37.3 Å². The van der Waals surface area contributed by atoms with Gasteiger partial charge in [-0.05, 0) is 30.7 Å². The summed E-state index contributed by atoms with van der Waals surface area (Å²) in [4.78, 5) is 9.09. The molecular weight excluding hydrogens is 349 g/mol. The number of benzene rings is 1. The molecule has 1 aliphatic rings. The van der Waals surface area contributed by atoms with Crippen molar-refractivity contribution >= 4 is 40.1 Å². The van der Waals surface area contributed by atoms with Crippen molar-refractivity contribution in [1.29, 1.82) is 0 Å². The quantitative estimate of drug-likeness (QED) is 0.854. The molecule has 1 atom stereocenters. The predicted octanol–water partition coefficient (Wildman–Crippen LogP) is 4.67. The molecule has 1 aromatic carbocycles. The molecule has 0 fully saturated rings.